The van der Waals surface area contributed by atoms with Crippen LogP contribution in [0, 0.1) is 10.1 Å². The molecule has 1 atom stereocenters. The molecular formula is C11H12N2O7S. The fourth-order valence-corrected chi connectivity index (χ4v) is 2.70. The topological polar surface area (TPSA) is 116 Å². The maximum Gasteiger partial charge on any atom is 0.410 e. The number of ether oxygens (including phenoxy) is 1. The molecule has 10 heteroatoms. The SMILES string of the molecule is CN1C[C@@H](COS(=O)(=O)c2cccc([N+](=O)[O-])c2)OC1=O. The molecular weight excluding hydrogens is 304 g/mol. The quantitative estimate of drug-likeness (QED) is 0.447. The summed E-state index contributed by atoms with van der Waals surface area (Å²) in [6.07, 6.45) is -1.26. The van der Waals surface area contributed by atoms with Crippen molar-refractivity contribution in [2.75, 3.05) is 20.2 Å². The predicted octanol–water partition coefficient (Wildman–Crippen LogP) is 0.751. The highest BCUT2D eigenvalue weighted by Gasteiger charge is 2.30. The first-order valence-corrected chi connectivity index (χ1v) is 7.26. The number of hydrogen-bond acceptors (Lipinski definition) is 7. The second kappa shape index (κ2) is 5.66. The molecule has 0 spiro atoms. The van der Waals surface area contributed by atoms with Gasteiger partial charge in [0.1, 0.15) is 17.6 Å². The van der Waals surface area contributed by atoms with Crippen LogP contribution >= 0.6 is 0 Å². The molecule has 1 heterocycles. The molecule has 1 aliphatic heterocycles. The molecule has 0 unspecified atom stereocenters. The first kappa shape index (κ1) is 15.2. The third kappa shape index (κ3) is 3.47. The largest absolute Gasteiger partial charge is 0.442 e. The third-order valence-corrected chi connectivity index (χ3v) is 4.06. The number of non-ortho nitro benzene ring substituents is 1. The van der Waals surface area contributed by atoms with Crippen LogP contribution in [0.1, 0.15) is 0 Å². The fourth-order valence-electron chi connectivity index (χ4n) is 1.72. The van der Waals surface area contributed by atoms with E-state index in [-0.39, 0.29) is 23.7 Å². The maximum absolute atomic E-state index is 11.9. The van der Waals surface area contributed by atoms with E-state index in [2.05, 4.69) is 0 Å². The van der Waals surface area contributed by atoms with E-state index < -0.39 is 27.2 Å². The number of hydrogen-bond donors (Lipinski definition) is 0. The zero-order valence-corrected chi connectivity index (χ0v) is 11.8. The van der Waals surface area contributed by atoms with E-state index in [1.54, 1.807) is 0 Å². The van der Waals surface area contributed by atoms with Gasteiger partial charge in [-0.3, -0.25) is 14.3 Å². The average Bonchev–Trinajstić information content (AvgIpc) is 2.76. The molecule has 114 valence electrons. The van der Waals surface area contributed by atoms with Gasteiger partial charge in [-0.05, 0) is 6.07 Å². The molecule has 0 bridgehead atoms. The molecule has 0 aliphatic carbocycles. The number of benzene rings is 1. The number of carbonyl (C=O) groups is 1. The summed E-state index contributed by atoms with van der Waals surface area (Å²) in [6, 6.07) is 4.52. The molecule has 21 heavy (non-hydrogen) atoms. The second-order valence-electron chi connectivity index (χ2n) is 4.38. The molecule has 0 radical (unpaired) electrons. The lowest BCUT2D eigenvalue weighted by molar-refractivity contribution is -0.385. The van der Waals surface area contributed by atoms with Gasteiger partial charge in [-0.1, -0.05) is 6.07 Å². The van der Waals surface area contributed by atoms with Crippen LogP contribution in [-0.4, -0.2) is 50.6 Å². The normalized spacial score (nSPS) is 18.6. The van der Waals surface area contributed by atoms with Crippen LogP contribution in [-0.2, 0) is 19.0 Å². The van der Waals surface area contributed by atoms with Crippen LogP contribution < -0.4 is 0 Å². The van der Waals surface area contributed by atoms with Gasteiger partial charge < -0.3 is 9.64 Å². The standard InChI is InChI=1S/C11H12N2O7S/c1-12-6-9(20-11(12)14)7-19-21(17,18)10-4-2-3-8(5-10)13(15)16/h2-5,9H,6-7H2,1H3/t9-/m0/s1. The van der Waals surface area contributed by atoms with Crippen molar-refractivity contribution in [3.8, 4) is 0 Å². The summed E-state index contributed by atoms with van der Waals surface area (Å²) in [5.41, 5.74) is -0.355. The number of likely N-dealkylation sites (N-methyl/N-ethyl adjacent to an activating group) is 1. The van der Waals surface area contributed by atoms with Crippen LogP contribution in [0.2, 0.25) is 0 Å². The molecule has 1 aromatic carbocycles. The van der Waals surface area contributed by atoms with Gasteiger partial charge in [0.25, 0.3) is 15.8 Å². The minimum Gasteiger partial charge on any atom is -0.442 e. The molecule has 2 rings (SSSR count). The summed E-state index contributed by atoms with van der Waals surface area (Å²) in [4.78, 5) is 22.0. The highest BCUT2D eigenvalue weighted by Crippen LogP contribution is 2.20. The summed E-state index contributed by atoms with van der Waals surface area (Å²) in [6.45, 7) is -0.135. The summed E-state index contributed by atoms with van der Waals surface area (Å²) >= 11 is 0. The van der Waals surface area contributed by atoms with Crippen molar-refractivity contribution in [1.29, 1.82) is 0 Å². The van der Waals surface area contributed by atoms with E-state index in [9.17, 15) is 23.3 Å². The van der Waals surface area contributed by atoms with Crippen molar-refractivity contribution < 1.29 is 27.1 Å². The van der Waals surface area contributed by atoms with Crippen molar-refractivity contribution >= 4 is 21.9 Å². The van der Waals surface area contributed by atoms with Crippen molar-refractivity contribution in [3.63, 3.8) is 0 Å². The molecule has 1 fully saturated rings. The van der Waals surface area contributed by atoms with Crippen LogP contribution in [0.3, 0.4) is 0 Å². The van der Waals surface area contributed by atoms with Crippen LogP contribution in [0.5, 0.6) is 0 Å². The number of amides is 1. The Bertz CT molecular complexity index is 673. The van der Waals surface area contributed by atoms with E-state index >= 15 is 0 Å². The van der Waals surface area contributed by atoms with Gasteiger partial charge in [0.2, 0.25) is 0 Å². The highest BCUT2D eigenvalue weighted by molar-refractivity contribution is 7.86. The zero-order valence-electron chi connectivity index (χ0n) is 11.0. The zero-order chi connectivity index (χ0) is 15.6. The third-order valence-electron chi connectivity index (χ3n) is 2.78. The minimum atomic E-state index is -4.15. The Morgan fingerprint density at radius 1 is 1.52 bits per heavy atom. The van der Waals surface area contributed by atoms with Gasteiger partial charge in [-0.15, -0.1) is 0 Å². The van der Waals surface area contributed by atoms with E-state index in [0.29, 0.717) is 0 Å². The van der Waals surface area contributed by atoms with Gasteiger partial charge in [0.15, 0.2) is 0 Å². The smallest absolute Gasteiger partial charge is 0.410 e. The van der Waals surface area contributed by atoms with Crippen LogP contribution in [0.25, 0.3) is 0 Å². The monoisotopic (exact) mass is 316 g/mol. The number of rotatable bonds is 5. The van der Waals surface area contributed by atoms with Gasteiger partial charge in [0, 0.05) is 19.2 Å². The summed E-state index contributed by atoms with van der Waals surface area (Å²) in [5.74, 6) is 0. The number of nitro benzene ring substituents is 1. The summed E-state index contributed by atoms with van der Waals surface area (Å²) in [5, 5.41) is 10.6. The van der Waals surface area contributed by atoms with Gasteiger partial charge >= 0.3 is 6.09 Å². The van der Waals surface area contributed by atoms with Crippen molar-refractivity contribution in [2.45, 2.75) is 11.0 Å². The Morgan fingerprint density at radius 2 is 2.24 bits per heavy atom. The average molecular weight is 316 g/mol. The molecule has 0 aromatic heterocycles. The number of carbonyl (C=O) groups excluding carboxylic acids is 1. The first-order valence-electron chi connectivity index (χ1n) is 5.85. The molecule has 0 saturated carbocycles. The summed E-state index contributed by atoms with van der Waals surface area (Å²) < 4.78 is 33.5. The lowest BCUT2D eigenvalue weighted by Gasteiger charge is -2.09. The fraction of sp³-hybridized carbons (Fsp3) is 0.364. The van der Waals surface area contributed by atoms with E-state index in [4.69, 9.17) is 8.92 Å². The van der Waals surface area contributed by atoms with Crippen molar-refractivity contribution in [2.24, 2.45) is 0 Å². The highest BCUT2D eigenvalue weighted by atomic mass is 32.2. The number of nitro groups is 1. The lowest BCUT2D eigenvalue weighted by atomic mass is 10.3. The van der Waals surface area contributed by atoms with E-state index in [1.165, 1.54) is 30.1 Å². The molecule has 1 aromatic rings. The lowest BCUT2D eigenvalue weighted by Crippen LogP contribution is -2.23. The predicted molar refractivity (Wildman–Crippen MR) is 69.1 cm³/mol. The van der Waals surface area contributed by atoms with Gasteiger partial charge in [0.05, 0.1) is 11.5 Å². The van der Waals surface area contributed by atoms with E-state index in [0.717, 1.165) is 6.07 Å². The maximum atomic E-state index is 11.9. The molecule has 1 saturated heterocycles. The van der Waals surface area contributed by atoms with Crippen molar-refractivity contribution in [3.05, 3.63) is 34.4 Å². The second-order valence-corrected chi connectivity index (χ2v) is 5.99. The number of cyclic esters (lactones) is 1. The first-order chi connectivity index (χ1) is 9.79. The Labute approximate surface area is 120 Å². The molecule has 1 amide bonds. The Balaban J connectivity index is 2.07. The van der Waals surface area contributed by atoms with Crippen LogP contribution in [0.4, 0.5) is 10.5 Å². The van der Waals surface area contributed by atoms with Gasteiger partial charge in [-0.25, -0.2) is 4.79 Å². The van der Waals surface area contributed by atoms with Crippen molar-refractivity contribution in [1.82, 2.24) is 4.90 Å². The Morgan fingerprint density at radius 3 is 2.81 bits per heavy atom. The van der Waals surface area contributed by atoms with E-state index in [1.807, 2.05) is 0 Å². The summed E-state index contributed by atoms with van der Waals surface area (Å²) in [7, 11) is -2.64. The number of nitrogens with zero attached hydrogens (tertiary/aromatic N) is 2. The Kier molecular flexibility index (Phi) is 4.09. The molecule has 1 aliphatic rings. The molecule has 0 N–H and O–H groups in total. The minimum absolute atomic E-state index is 0.212. The van der Waals surface area contributed by atoms with Crippen LogP contribution in [0.15, 0.2) is 29.2 Å². The molecule has 9 nitrogen and oxygen atoms in total. The Hall–Kier alpha value is -2.20. The van der Waals surface area contributed by atoms with Gasteiger partial charge in [-0.2, -0.15) is 8.42 Å².